The summed E-state index contributed by atoms with van der Waals surface area (Å²) in [6, 6.07) is 3.59. The van der Waals surface area contributed by atoms with Crippen LogP contribution in [0, 0.1) is 0 Å². The van der Waals surface area contributed by atoms with Crippen LogP contribution in [0.1, 0.15) is 26.5 Å². The average molecular weight is 280 g/mol. The first-order valence-electron chi connectivity index (χ1n) is 5.64. The Morgan fingerprint density at radius 2 is 2.33 bits per heavy atom. The van der Waals surface area contributed by atoms with Gasteiger partial charge in [-0.1, -0.05) is 0 Å². The maximum absolute atomic E-state index is 12.0. The van der Waals surface area contributed by atoms with Crippen LogP contribution in [-0.4, -0.2) is 15.9 Å². The van der Waals surface area contributed by atoms with Gasteiger partial charge in [0.15, 0.2) is 0 Å². The van der Waals surface area contributed by atoms with Gasteiger partial charge in [-0.3, -0.25) is 4.79 Å². The molecule has 4 nitrogen and oxygen atoms in total. The van der Waals surface area contributed by atoms with E-state index in [0.717, 1.165) is 17.7 Å². The lowest BCUT2D eigenvalue weighted by Crippen LogP contribution is -2.11. The molecule has 0 unspecified atom stereocenters. The molecule has 3 rings (SSSR count). The predicted octanol–water partition coefficient (Wildman–Crippen LogP) is 2.93. The molecule has 1 amide bonds. The molecule has 2 aromatic heterocycles. The first kappa shape index (κ1) is 11.6. The van der Waals surface area contributed by atoms with Crippen molar-refractivity contribution >= 4 is 34.7 Å². The highest BCUT2D eigenvalue weighted by Gasteiger charge is 2.18. The van der Waals surface area contributed by atoms with Gasteiger partial charge in [-0.05, 0) is 48.6 Å². The van der Waals surface area contributed by atoms with E-state index < -0.39 is 0 Å². The Balaban J connectivity index is 1.78. The van der Waals surface area contributed by atoms with Crippen molar-refractivity contribution in [2.24, 2.45) is 0 Å². The Bertz CT molecular complexity index is 590. The van der Waals surface area contributed by atoms with E-state index in [-0.39, 0.29) is 11.2 Å². The van der Waals surface area contributed by atoms with Crippen molar-refractivity contribution in [2.75, 3.05) is 5.32 Å². The Morgan fingerprint density at radius 1 is 1.44 bits per heavy atom. The van der Waals surface area contributed by atoms with Crippen molar-refractivity contribution in [3.05, 3.63) is 38.9 Å². The molecule has 0 saturated carbocycles. The third-order valence-electron chi connectivity index (χ3n) is 2.84. The van der Waals surface area contributed by atoms with Crippen molar-refractivity contribution in [1.29, 1.82) is 0 Å². The Morgan fingerprint density at radius 3 is 3.11 bits per heavy atom. The predicted molar refractivity (Wildman–Crippen MR) is 71.3 cm³/mol. The summed E-state index contributed by atoms with van der Waals surface area (Å²) in [7, 11) is 0. The SMILES string of the molecule is O=C(Nc1ccnc(Cl)n1)c1cc2c(s1)CCC2. The molecular formula is C12H10ClN3OS. The van der Waals surface area contributed by atoms with E-state index in [1.165, 1.54) is 23.1 Å². The number of halogens is 1. The summed E-state index contributed by atoms with van der Waals surface area (Å²) in [5.41, 5.74) is 1.31. The van der Waals surface area contributed by atoms with Crippen molar-refractivity contribution in [3.8, 4) is 0 Å². The molecular weight excluding hydrogens is 270 g/mol. The highest BCUT2D eigenvalue weighted by molar-refractivity contribution is 7.14. The molecule has 1 aliphatic carbocycles. The molecule has 1 N–H and O–H groups in total. The summed E-state index contributed by atoms with van der Waals surface area (Å²) in [4.78, 5) is 21.8. The summed E-state index contributed by atoms with van der Waals surface area (Å²) < 4.78 is 0. The van der Waals surface area contributed by atoms with Crippen molar-refractivity contribution < 1.29 is 4.79 Å². The lowest BCUT2D eigenvalue weighted by atomic mass is 10.2. The lowest BCUT2D eigenvalue weighted by molar-refractivity contribution is 0.103. The number of hydrogen-bond acceptors (Lipinski definition) is 4. The van der Waals surface area contributed by atoms with Gasteiger partial charge in [0, 0.05) is 11.1 Å². The number of fused-ring (bicyclic) bond motifs is 1. The molecule has 0 aromatic carbocycles. The van der Waals surface area contributed by atoms with E-state index >= 15 is 0 Å². The second-order valence-corrected chi connectivity index (χ2v) is 5.55. The number of rotatable bonds is 2. The van der Waals surface area contributed by atoms with E-state index in [9.17, 15) is 4.79 Å². The molecule has 0 bridgehead atoms. The molecule has 0 fully saturated rings. The number of thiophene rings is 1. The maximum Gasteiger partial charge on any atom is 0.266 e. The van der Waals surface area contributed by atoms with Crippen LogP contribution in [0.3, 0.4) is 0 Å². The fourth-order valence-electron chi connectivity index (χ4n) is 2.02. The topological polar surface area (TPSA) is 54.9 Å². The van der Waals surface area contributed by atoms with Gasteiger partial charge in [0.05, 0.1) is 4.88 Å². The van der Waals surface area contributed by atoms with E-state index in [0.29, 0.717) is 5.82 Å². The van der Waals surface area contributed by atoms with E-state index in [4.69, 9.17) is 11.6 Å². The van der Waals surface area contributed by atoms with Crippen molar-refractivity contribution in [3.63, 3.8) is 0 Å². The van der Waals surface area contributed by atoms with Gasteiger partial charge < -0.3 is 5.32 Å². The minimum Gasteiger partial charge on any atom is -0.306 e. The minimum atomic E-state index is -0.135. The highest BCUT2D eigenvalue weighted by Crippen LogP contribution is 2.30. The Hall–Kier alpha value is -1.46. The molecule has 0 saturated heterocycles. The fourth-order valence-corrected chi connectivity index (χ4v) is 3.32. The first-order chi connectivity index (χ1) is 8.72. The van der Waals surface area contributed by atoms with Gasteiger partial charge in [0.1, 0.15) is 5.82 Å². The second-order valence-electron chi connectivity index (χ2n) is 4.08. The van der Waals surface area contributed by atoms with Gasteiger partial charge in [0.25, 0.3) is 5.91 Å². The zero-order valence-electron chi connectivity index (χ0n) is 9.44. The van der Waals surface area contributed by atoms with Gasteiger partial charge in [-0.25, -0.2) is 9.97 Å². The fraction of sp³-hybridized carbons (Fsp3) is 0.250. The molecule has 0 aliphatic heterocycles. The zero-order valence-corrected chi connectivity index (χ0v) is 11.0. The first-order valence-corrected chi connectivity index (χ1v) is 6.83. The second kappa shape index (κ2) is 4.66. The van der Waals surface area contributed by atoms with E-state index in [2.05, 4.69) is 15.3 Å². The normalized spacial score (nSPS) is 13.4. The highest BCUT2D eigenvalue weighted by atomic mass is 35.5. The third kappa shape index (κ3) is 2.23. The number of nitrogens with zero attached hydrogens (tertiary/aromatic N) is 2. The lowest BCUT2D eigenvalue weighted by Gasteiger charge is -2.02. The molecule has 2 heterocycles. The van der Waals surface area contributed by atoms with Crippen LogP contribution in [0.5, 0.6) is 0 Å². The van der Waals surface area contributed by atoms with Crippen LogP contribution in [-0.2, 0) is 12.8 Å². The summed E-state index contributed by atoms with van der Waals surface area (Å²) >= 11 is 7.23. The van der Waals surface area contributed by atoms with Crippen molar-refractivity contribution in [2.45, 2.75) is 19.3 Å². The molecule has 0 atom stereocenters. The van der Waals surface area contributed by atoms with Crippen LogP contribution >= 0.6 is 22.9 Å². The number of hydrogen-bond donors (Lipinski definition) is 1. The molecule has 0 spiro atoms. The zero-order chi connectivity index (χ0) is 12.5. The summed E-state index contributed by atoms with van der Waals surface area (Å²) in [6.07, 6.45) is 4.88. The monoisotopic (exact) mass is 279 g/mol. The molecule has 1 aliphatic rings. The minimum absolute atomic E-state index is 0.126. The van der Waals surface area contributed by atoms with Gasteiger partial charge in [-0.15, -0.1) is 11.3 Å². The van der Waals surface area contributed by atoms with E-state index in [1.807, 2.05) is 6.07 Å². The smallest absolute Gasteiger partial charge is 0.266 e. The number of aromatic nitrogens is 2. The van der Waals surface area contributed by atoms with Gasteiger partial charge in [-0.2, -0.15) is 0 Å². The van der Waals surface area contributed by atoms with Crippen LogP contribution in [0.15, 0.2) is 18.3 Å². The quantitative estimate of drug-likeness (QED) is 0.860. The number of carbonyl (C=O) groups is 1. The third-order valence-corrected chi connectivity index (χ3v) is 4.26. The molecule has 2 aromatic rings. The largest absolute Gasteiger partial charge is 0.306 e. The number of nitrogens with one attached hydrogen (secondary N) is 1. The van der Waals surface area contributed by atoms with Crippen molar-refractivity contribution in [1.82, 2.24) is 9.97 Å². The Labute approximate surface area is 113 Å². The standard InChI is InChI=1S/C12H10ClN3OS/c13-12-14-5-4-10(16-12)15-11(17)9-6-7-2-1-3-8(7)18-9/h4-6H,1-3H2,(H,14,15,16,17). The van der Waals surface area contributed by atoms with Gasteiger partial charge in [0.2, 0.25) is 5.28 Å². The average Bonchev–Trinajstić information content (AvgIpc) is 2.88. The Kier molecular flexibility index (Phi) is 3.01. The van der Waals surface area contributed by atoms with Crippen LogP contribution < -0.4 is 5.32 Å². The van der Waals surface area contributed by atoms with Crippen LogP contribution in [0.2, 0.25) is 5.28 Å². The molecule has 92 valence electrons. The summed E-state index contributed by atoms with van der Waals surface area (Å²) in [5.74, 6) is 0.290. The van der Waals surface area contributed by atoms with E-state index in [1.54, 1.807) is 17.4 Å². The maximum atomic E-state index is 12.0. The molecule has 6 heteroatoms. The summed E-state index contributed by atoms with van der Waals surface area (Å²) in [5, 5.41) is 2.85. The van der Waals surface area contributed by atoms with Crippen LogP contribution in [0.25, 0.3) is 0 Å². The number of carbonyl (C=O) groups excluding carboxylic acids is 1. The van der Waals surface area contributed by atoms with Crippen LogP contribution in [0.4, 0.5) is 5.82 Å². The molecule has 0 radical (unpaired) electrons. The number of amides is 1. The number of aryl methyl sites for hydroxylation is 2. The summed E-state index contributed by atoms with van der Waals surface area (Å²) in [6.45, 7) is 0. The molecule has 18 heavy (non-hydrogen) atoms. The van der Waals surface area contributed by atoms with Gasteiger partial charge >= 0.3 is 0 Å². The number of anilines is 1.